The summed E-state index contributed by atoms with van der Waals surface area (Å²) in [7, 11) is 0. The molecule has 0 saturated carbocycles. The van der Waals surface area contributed by atoms with Crippen LogP contribution < -0.4 is 16.0 Å². The third kappa shape index (κ3) is 4.28. The van der Waals surface area contributed by atoms with Crippen LogP contribution in [-0.4, -0.2) is 72.1 Å². The molecule has 29 heavy (non-hydrogen) atoms. The molecule has 3 amide bonds. The summed E-state index contributed by atoms with van der Waals surface area (Å²) in [4.78, 5) is 36.6. The summed E-state index contributed by atoms with van der Waals surface area (Å²) in [6, 6.07) is -0.462. The van der Waals surface area contributed by atoms with Crippen LogP contribution in [0.4, 0.5) is 10.6 Å². The lowest BCUT2D eigenvalue weighted by Gasteiger charge is -2.20. The molecule has 3 rings (SSSR count). The summed E-state index contributed by atoms with van der Waals surface area (Å²) >= 11 is 0. The number of nitrogens with zero attached hydrogens (tertiary/aromatic N) is 4. The number of aliphatic hydroxyl groups excluding tert-OH is 2. The molecule has 12 heteroatoms. The molecular weight excluding hydrogens is 382 g/mol. The monoisotopic (exact) mass is 407 g/mol. The normalized spacial score (nSPS) is 24.5. The van der Waals surface area contributed by atoms with Gasteiger partial charge in [0.15, 0.2) is 29.3 Å². The average molecular weight is 407 g/mol. The maximum Gasteiger partial charge on any atom is 0.320 e. The van der Waals surface area contributed by atoms with Gasteiger partial charge in [0.25, 0.3) is 5.91 Å². The molecule has 5 N–H and O–H groups in total. The number of carbonyl (C=O) groups is 2. The largest absolute Gasteiger partial charge is 0.387 e. The molecular formula is C17H25N7O5. The molecule has 0 aromatic carbocycles. The van der Waals surface area contributed by atoms with Crippen molar-refractivity contribution in [3.63, 3.8) is 0 Å². The Morgan fingerprint density at radius 2 is 1.93 bits per heavy atom. The minimum absolute atomic E-state index is 0.170. The Balaban J connectivity index is 1.87. The number of amides is 3. The number of ether oxygens (including phenoxy) is 1. The predicted molar refractivity (Wildman–Crippen MR) is 102 cm³/mol. The van der Waals surface area contributed by atoms with Crippen molar-refractivity contribution in [1.82, 2.24) is 30.2 Å². The van der Waals surface area contributed by atoms with Gasteiger partial charge in [-0.3, -0.25) is 14.7 Å². The Hall–Kier alpha value is -2.83. The molecule has 2 aromatic heterocycles. The van der Waals surface area contributed by atoms with Gasteiger partial charge in [0.2, 0.25) is 0 Å². The summed E-state index contributed by atoms with van der Waals surface area (Å²) in [6.45, 7) is 7.61. The van der Waals surface area contributed by atoms with Gasteiger partial charge in [-0.15, -0.1) is 0 Å². The number of likely N-dealkylation sites (N-methyl/N-ethyl adjacent to an activating group) is 1. The van der Waals surface area contributed by atoms with Crippen LogP contribution in [0.25, 0.3) is 11.2 Å². The molecule has 0 aliphatic carbocycles. The van der Waals surface area contributed by atoms with Crippen molar-refractivity contribution < 1.29 is 24.5 Å². The summed E-state index contributed by atoms with van der Waals surface area (Å²) < 4.78 is 6.98. The van der Waals surface area contributed by atoms with E-state index >= 15 is 0 Å². The molecule has 2 aromatic rings. The van der Waals surface area contributed by atoms with Gasteiger partial charge in [0.05, 0.1) is 6.33 Å². The highest BCUT2D eigenvalue weighted by Crippen LogP contribution is 2.32. The SMILES string of the molecule is CCNC(=O)C1OC(n2cnc3c(NC(=O)NC(C)(C)C)ncnc32)C(O)C1O. The number of rotatable bonds is 4. The number of urea groups is 1. The van der Waals surface area contributed by atoms with E-state index in [1.54, 1.807) is 6.92 Å². The van der Waals surface area contributed by atoms with Gasteiger partial charge in [-0.1, -0.05) is 0 Å². The predicted octanol–water partition coefficient (Wildman–Crippen LogP) is -0.498. The van der Waals surface area contributed by atoms with Crippen molar-refractivity contribution in [1.29, 1.82) is 0 Å². The van der Waals surface area contributed by atoms with Gasteiger partial charge in [-0.25, -0.2) is 19.7 Å². The van der Waals surface area contributed by atoms with Crippen LogP contribution in [0.2, 0.25) is 0 Å². The number of aliphatic hydroxyl groups is 2. The van der Waals surface area contributed by atoms with E-state index in [-0.39, 0.29) is 17.0 Å². The fourth-order valence-corrected chi connectivity index (χ4v) is 2.99. The number of hydrogen-bond donors (Lipinski definition) is 5. The van der Waals surface area contributed by atoms with Gasteiger partial charge in [-0.2, -0.15) is 0 Å². The number of carbonyl (C=O) groups excluding carboxylic acids is 2. The fraction of sp³-hybridized carbons (Fsp3) is 0.588. The molecule has 0 spiro atoms. The van der Waals surface area contributed by atoms with Crippen molar-refractivity contribution in [2.24, 2.45) is 0 Å². The van der Waals surface area contributed by atoms with E-state index in [2.05, 4.69) is 30.9 Å². The maximum atomic E-state index is 12.1. The van der Waals surface area contributed by atoms with E-state index in [0.717, 1.165) is 0 Å². The smallest absolute Gasteiger partial charge is 0.320 e. The van der Waals surface area contributed by atoms with Crippen LogP contribution >= 0.6 is 0 Å². The average Bonchev–Trinajstić information content (AvgIpc) is 3.16. The highest BCUT2D eigenvalue weighted by Gasteiger charge is 2.47. The first-order valence-corrected chi connectivity index (χ1v) is 9.18. The molecule has 3 heterocycles. The zero-order valence-electron chi connectivity index (χ0n) is 16.6. The second kappa shape index (κ2) is 7.89. The Kier molecular flexibility index (Phi) is 5.68. The van der Waals surface area contributed by atoms with E-state index in [1.165, 1.54) is 17.2 Å². The quantitative estimate of drug-likeness (QED) is 0.453. The number of anilines is 1. The Morgan fingerprint density at radius 1 is 1.21 bits per heavy atom. The Bertz CT molecular complexity index is 909. The summed E-state index contributed by atoms with van der Waals surface area (Å²) in [5, 5.41) is 28.5. The van der Waals surface area contributed by atoms with E-state index in [4.69, 9.17) is 4.74 Å². The first kappa shape index (κ1) is 20.9. The van der Waals surface area contributed by atoms with Crippen molar-refractivity contribution in [3.05, 3.63) is 12.7 Å². The van der Waals surface area contributed by atoms with E-state index in [1.807, 2.05) is 20.8 Å². The lowest BCUT2D eigenvalue weighted by Crippen LogP contribution is -2.43. The van der Waals surface area contributed by atoms with E-state index < -0.39 is 42.0 Å². The van der Waals surface area contributed by atoms with Gasteiger partial charge >= 0.3 is 6.03 Å². The highest BCUT2D eigenvalue weighted by molar-refractivity contribution is 5.96. The number of fused-ring (bicyclic) bond motifs is 1. The van der Waals surface area contributed by atoms with Crippen molar-refractivity contribution >= 4 is 28.9 Å². The number of nitrogens with one attached hydrogen (secondary N) is 3. The second-order valence-corrected chi connectivity index (χ2v) is 7.70. The van der Waals surface area contributed by atoms with Crippen molar-refractivity contribution in [2.45, 2.75) is 57.8 Å². The molecule has 1 saturated heterocycles. The Labute approximate surface area is 166 Å². The topological polar surface area (TPSA) is 164 Å². The molecule has 4 unspecified atom stereocenters. The zero-order valence-corrected chi connectivity index (χ0v) is 16.6. The first-order valence-electron chi connectivity index (χ1n) is 9.18. The van der Waals surface area contributed by atoms with Crippen LogP contribution in [0, 0.1) is 0 Å². The molecule has 4 atom stereocenters. The lowest BCUT2D eigenvalue weighted by atomic mass is 10.1. The van der Waals surface area contributed by atoms with E-state index in [0.29, 0.717) is 6.54 Å². The van der Waals surface area contributed by atoms with Crippen LogP contribution in [-0.2, 0) is 9.53 Å². The molecule has 1 fully saturated rings. The molecule has 0 bridgehead atoms. The molecule has 0 radical (unpaired) electrons. The fourth-order valence-electron chi connectivity index (χ4n) is 2.99. The second-order valence-electron chi connectivity index (χ2n) is 7.70. The lowest BCUT2D eigenvalue weighted by molar-refractivity contribution is -0.137. The number of hydrogen-bond acceptors (Lipinski definition) is 8. The zero-order chi connectivity index (χ0) is 21.3. The molecule has 1 aliphatic rings. The standard InChI is InChI=1S/C17H25N7O5/c1-5-18-14(27)11-9(25)10(26)15(29-11)24-7-21-8-12(19-6-20-13(8)24)22-16(28)23-17(2,3)4/h6-7,9-11,15,25-26H,5H2,1-4H3,(H,18,27)(H2,19,20,22,23,28). The summed E-state index contributed by atoms with van der Waals surface area (Å²) in [5.41, 5.74) is 0.0869. The van der Waals surface area contributed by atoms with Gasteiger partial charge in [-0.05, 0) is 27.7 Å². The molecule has 1 aliphatic heterocycles. The highest BCUT2D eigenvalue weighted by atomic mass is 16.6. The summed E-state index contributed by atoms with van der Waals surface area (Å²) in [6.07, 6.45) is -2.55. The minimum Gasteiger partial charge on any atom is -0.387 e. The first-order chi connectivity index (χ1) is 13.6. The van der Waals surface area contributed by atoms with Crippen molar-refractivity contribution in [2.75, 3.05) is 11.9 Å². The third-order valence-electron chi connectivity index (χ3n) is 4.20. The van der Waals surface area contributed by atoms with Crippen LogP contribution in [0.1, 0.15) is 33.9 Å². The maximum absolute atomic E-state index is 12.1. The summed E-state index contributed by atoms with van der Waals surface area (Å²) in [5.74, 6) is -0.356. The number of imidazole rings is 1. The Morgan fingerprint density at radius 3 is 2.59 bits per heavy atom. The van der Waals surface area contributed by atoms with Gasteiger partial charge < -0.3 is 25.6 Å². The minimum atomic E-state index is -1.42. The molecule has 158 valence electrons. The van der Waals surface area contributed by atoms with Crippen molar-refractivity contribution in [3.8, 4) is 0 Å². The third-order valence-corrected chi connectivity index (χ3v) is 4.20. The van der Waals surface area contributed by atoms with Crippen LogP contribution in [0.5, 0.6) is 0 Å². The van der Waals surface area contributed by atoms with Gasteiger partial charge in [0, 0.05) is 12.1 Å². The van der Waals surface area contributed by atoms with Crippen LogP contribution in [0.15, 0.2) is 12.7 Å². The number of aromatic nitrogens is 4. The van der Waals surface area contributed by atoms with Gasteiger partial charge in [0.1, 0.15) is 18.5 Å². The molecule has 12 nitrogen and oxygen atoms in total. The van der Waals surface area contributed by atoms with Crippen LogP contribution in [0.3, 0.4) is 0 Å². The van der Waals surface area contributed by atoms with E-state index in [9.17, 15) is 19.8 Å².